The van der Waals surface area contributed by atoms with Gasteiger partial charge in [-0.3, -0.25) is 19.2 Å². The number of ether oxygens (including phenoxy) is 1. The molecule has 14 heteroatoms. The number of carbonyl (C=O) groups is 4. The van der Waals surface area contributed by atoms with Crippen molar-refractivity contribution in [3.63, 3.8) is 0 Å². The number of hydrogen-bond donors (Lipinski definition) is 3. The number of fused-ring (bicyclic) bond motifs is 2. The summed E-state index contributed by atoms with van der Waals surface area (Å²) in [5, 5.41) is 8.39. The zero-order chi connectivity index (χ0) is 41.4. The van der Waals surface area contributed by atoms with Gasteiger partial charge >= 0.3 is 0 Å². The molecule has 11 nitrogen and oxygen atoms in total. The van der Waals surface area contributed by atoms with Gasteiger partial charge in [0.15, 0.2) is 0 Å². The minimum atomic E-state index is -1.43. The lowest BCUT2D eigenvalue weighted by Crippen LogP contribution is -2.36. The molecular formula is C45H43N5O6S3. The monoisotopic (exact) mass is 845 g/mol. The van der Waals surface area contributed by atoms with E-state index in [1.54, 1.807) is 66.5 Å². The molecule has 0 aliphatic carbocycles. The lowest BCUT2D eigenvalue weighted by Gasteiger charge is -2.29. The van der Waals surface area contributed by atoms with E-state index in [9.17, 15) is 23.4 Å². The van der Waals surface area contributed by atoms with Gasteiger partial charge in [0.25, 0.3) is 11.8 Å². The van der Waals surface area contributed by atoms with E-state index in [4.69, 9.17) is 4.74 Å². The first-order chi connectivity index (χ1) is 28.4. The highest BCUT2D eigenvalue weighted by Crippen LogP contribution is 2.39. The van der Waals surface area contributed by atoms with Crippen molar-refractivity contribution >= 4 is 80.9 Å². The molecular weight excluding hydrogens is 803 g/mol. The van der Waals surface area contributed by atoms with Crippen LogP contribution in [-0.4, -0.2) is 62.8 Å². The highest BCUT2D eigenvalue weighted by molar-refractivity contribution is 8.01. The number of nitrogens with zero attached hydrogens (tertiary/aromatic N) is 2. The normalized spacial score (nSPS) is 19.3. The highest BCUT2D eigenvalue weighted by Gasteiger charge is 2.31. The lowest BCUT2D eigenvalue weighted by atomic mass is 9.95. The van der Waals surface area contributed by atoms with Gasteiger partial charge in [0.2, 0.25) is 11.8 Å². The van der Waals surface area contributed by atoms with E-state index >= 15 is 0 Å². The number of aryl methyl sites for hydroxylation is 1. The number of rotatable bonds is 10. The Bertz CT molecular complexity index is 2530. The minimum Gasteiger partial charge on any atom is -0.489 e. The van der Waals surface area contributed by atoms with Gasteiger partial charge in [-0.2, -0.15) is 0 Å². The maximum atomic E-state index is 13.8. The van der Waals surface area contributed by atoms with Gasteiger partial charge < -0.3 is 25.6 Å². The summed E-state index contributed by atoms with van der Waals surface area (Å²) in [5.74, 6) is 0.0938. The Hall–Kier alpha value is -5.41. The summed E-state index contributed by atoms with van der Waals surface area (Å²) in [6.07, 6.45) is 0.841. The van der Waals surface area contributed by atoms with E-state index in [0.29, 0.717) is 64.2 Å². The van der Waals surface area contributed by atoms with Crippen LogP contribution in [0.15, 0.2) is 118 Å². The Kier molecular flexibility index (Phi) is 11.7. The van der Waals surface area contributed by atoms with Crippen LogP contribution in [-0.2, 0) is 27.2 Å². The van der Waals surface area contributed by atoms with E-state index in [1.165, 1.54) is 23.5 Å². The maximum absolute atomic E-state index is 13.8. The van der Waals surface area contributed by atoms with Crippen LogP contribution in [0.5, 0.6) is 5.75 Å². The summed E-state index contributed by atoms with van der Waals surface area (Å²) in [5.41, 5.74) is 6.62. The molecule has 5 aromatic carbocycles. The van der Waals surface area contributed by atoms with Crippen molar-refractivity contribution in [2.24, 2.45) is 0 Å². The first-order valence-electron chi connectivity index (χ1n) is 19.3. The van der Waals surface area contributed by atoms with Crippen molar-refractivity contribution < 1.29 is 28.1 Å². The number of benzene rings is 5. The lowest BCUT2D eigenvalue weighted by molar-refractivity contribution is -0.117. The molecule has 3 aliphatic rings. The van der Waals surface area contributed by atoms with Crippen LogP contribution in [0, 0.1) is 6.92 Å². The fourth-order valence-electron chi connectivity index (χ4n) is 7.32. The highest BCUT2D eigenvalue weighted by atomic mass is 32.2. The van der Waals surface area contributed by atoms with Crippen molar-refractivity contribution in [2.45, 2.75) is 64.9 Å². The quantitative estimate of drug-likeness (QED) is 0.127. The van der Waals surface area contributed by atoms with Crippen LogP contribution < -0.4 is 25.6 Å². The fraction of sp³-hybridized carbons (Fsp3) is 0.244. The number of hydrogen-bond acceptors (Lipinski definition) is 8. The zero-order valence-corrected chi connectivity index (χ0v) is 35.4. The molecule has 3 heterocycles. The first kappa shape index (κ1) is 40.4. The molecule has 3 N–H and O–H groups in total. The number of anilines is 4. The van der Waals surface area contributed by atoms with Gasteiger partial charge in [-0.05, 0) is 117 Å². The molecule has 4 atom stereocenters. The predicted octanol–water partition coefficient (Wildman–Crippen LogP) is 8.48. The van der Waals surface area contributed by atoms with Crippen molar-refractivity contribution in [1.82, 2.24) is 4.31 Å². The Morgan fingerprint density at radius 2 is 1.53 bits per heavy atom. The van der Waals surface area contributed by atoms with Gasteiger partial charge in [0.05, 0.1) is 26.8 Å². The fourth-order valence-corrected chi connectivity index (χ4v) is 10.7. The van der Waals surface area contributed by atoms with Gasteiger partial charge in [0.1, 0.15) is 23.3 Å². The second-order valence-electron chi connectivity index (χ2n) is 14.9. The van der Waals surface area contributed by atoms with Crippen molar-refractivity contribution in [2.75, 3.05) is 41.0 Å². The smallest absolute Gasteiger partial charge is 0.255 e. The third kappa shape index (κ3) is 8.81. The second-order valence-corrected chi connectivity index (χ2v) is 19.1. The van der Waals surface area contributed by atoms with Crippen LogP contribution in [0.1, 0.15) is 63.6 Å². The summed E-state index contributed by atoms with van der Waals surface area (Å²) in [6.45, 7) is 7.37. The van der Waals surface area contributed by atoms with E-state index in [0.717, 1.165) is 32.9 Å². The van der Waals surface area contributed by atoms with Crippen molar-refractivity contribution in [1.29, 1.82) is 0 Å². The van der Waals surface area contributed by atoms with Crippen LogP contribution in [0.4, 0.5) is 22.7 Å². The van der Waals surface area contributed by atoms with Crippen LogP contribution in [0.3, 0.4) is 0 Å². The molecule has 0 radical (unpaired) electrons. The van der Waals surface area contributed by atoms with Gasteiger partial charge in [0, 0.05) is 58.5 Å². The van der Waals surface area contributed by atoms with E-state index < -0.39 is 11.0 Å². The summed E-state index contributed by atoms with van der Waals surface area (Å²) in [7, 11) is 0.289. The number of thioether (sulfide) groups is 2. The molecule has 59 heavy (non-hydrogen) atoms. The number of amides is 4. The molecule has 1 fully saturated rings. The zero-order valence-electron chi connectivity index (χ0n) is 32.9. The third-order valence-electron chi connectivity index (χ3n) is 10.7. The topological polar surface area (TPSA) is 137 Å². The van der Waals surface area contributed by atoms with E-state index in [2.05, 4.69) is 34.1 Å². The van der Waals surface area contributed by atoms with E-state index in [-0.39, 0.29) is 40.0 Å². The standard InChI is InChI=1S/C45H43N5O6S3/c1-26-11-12-29(19-33(26)25-56-36-9-5-7-34(22-36)46-43(52)30-13-15-40-38(20-30)48-42(51)27(2)57-40)32-17-18-50(24-32)59(55)37-10-6-8-35(23-37)47-44(53)31-14-16-41-39(21-31)49(4)45(54)28(3)58-41/h5-16,19-23,27-28,32H,17-18,24-25H2,1-4H3,(H,46,52)(H,47,53)(H,48,51)/t27-,28-,32?,59?/m1/s1. The largest absolute Gasteiger partial charge is 0.489 e. The van der Waals surface area contributed by atoms with Gasteiger partial charge in [-0.15, -0.1) is 23.5 Å². The second kappa shape index (κ2) is 17.1. The average molecular weight is 846 g/mol. The molecule has 0 spiro atoms. The number of carbonyl (C=O) groups excluding carboxylic acids is 4. The number of nitrogens with one attached hydrogen (secondary N) is 3. The van der Waals surface area contributed by atoms with Crippen LogP contribution >= 0.6 is 23.5 Å². The summed E-state index contributed by atoms with van der Waals surface area (Å²) < 4.78 is 22.0. The Morgan fingerprint density at radius 3 is 2.31 bits per heavy atom. The van der Waals surface area contributed by atoms with Gasteiger partial charge in [-0.25, -0.2) is 8.51 Å². The summed E-state index contributed by atoms with van der Waals surface area (Å²) >= 11 is 2.95. The molecule has 0 aromatic heterocycles. The third-order valence-corrected chi connectivity index (χ3v) is 14.5. The van der Waals surface area contributed by atoms with Crippen LogP contribution in [0.2, 0.25) is 0 Å². The molecule has 1 saturated heterocycles. The molecule has 2 unspecified atom stereocenters. The van der Waals surface area contributed by atoms with Gasteiger partial charge in [-0.1, -0.05) is 30.3 Å². The molecule has 0 saturated carbocycles. The molecule has 302 valence electrons. The molecule has 3 aliphatic heterocycles. The van der Waals surface area contributed by atoms with Crippen molar-refractivity contribution in [3.8, 4) is 5.75 Å². The maximum Gasteiger partial charge on any atom is 0.255 e. The minimum absolute atomic E-state index is 0.00480. The Morgan fingerprint density at radius 1 is 0.831 bits per heavy atom. The summed E-state index contributed by atoms with van der Waals surface area (Å²) in [6, 6.07) is 31.4. The molecule has 5 aromatic rings. The van der Waals surface area contributed by atoms with Crippen LogP contribution in [0.25, 0.3) is 0 Å². The molecule has 4 amide bonds. The molecule has 8 rings (SSSR count). The summed E-state index contributed by atoms with van der Waals surface area (Å²) in [4.78, 5) is 55.2. The average Bonchev–Trinajstić information content (AvgIpc) is 3.73. The predicted molar refractivity (Wildman–Crippen MR) is 235 cm³/mol. The SMILES string of the molecule is Cc1ccc(C2CCN(S(=O)c3cccc(NC(=O)c4ccc5c(c4)N(C)C(=O)[C@@H](C)S5)c3)C2)cc1COc1cccc(NC(=O)c2ccc3c(c2)NC(=O)[C@@H](C)S3)c1. The molecule has 0 bridgehead atoms. The Labute approximate surface area is 354 Å². The Balaban J connectivity index is 0.870. The first-order valence-corrected chi connectivity index (χ1v) is 22.2. The van der Waals surface area contributed by atoms with E-state index in [1.807, 2.05) is 55.4 Å². The van der Waals surface area contributed by atoms with Crippen molar-refractivity contribution in [3.05, 3.63) is 131 Å².